The van der Waals surface area contributed by atoms with Gasteiger partial charge in [0, 0.05) is 13.1 Å². The summed E-state index contributed by atoms with van der Waals surface area (Å²) < 4.78 is 5.17. The fourth-order valence-corrected chi connectivity index (χ4v) is 2.23. The number of aliphatic hydroxyl groups excluding tert-OH is 1. The molecule has 3 nitrogen and oxygen atoms in total. The summed E-state index contributed by atoms with van der Waals surface area (Å²) in [6.45, 7) is 5.49. The summed E-state index contributed by atoms with van der Waals surface area (Å²) in [6.07, 6.45) is -0.536. The van der Waals surface area contributed by atoms with Crippen LogP contribution in [0.4, 0.5) is 0 Å². The highest BCUT2D eigenvalue weighted by molar-refractivity contribution is 5.31. The Balaban J connectivity index is 1.88. The van der Waals surface area contributed by atoms with E-state index < -0.39 is 6.10 Å². The first-order valence-corrected chi connectivity index (χ1v) is 7.19. The monoisotopic (exact) mass is 285 g/mol. The Kier molecular flexibility index (Phi) is 5.37. The van der Waals surface area contributed by atoms with E-state index in [9.17, 15) is 5.11 Å². The van der Waals surface area contributed by atoms with Gasteiger partial charge in [0.2, 0.25) is 0 Å². The van der Waals surface area contributed by atoms with Gasteiger partial charge in [-0.3, -0.25) is 0 Å². The van der Waals surface area contributed by atoms with Crippen LogP contribution in [0.2, 0.25) is 0 Å². The fraction of sp³-hybridized carbons (Fsp3) is 0.333. The van der Waals surface area contributed by atoms with Gasteiger partial charge in [0.25, 0.3) is 0 Å². The molecule has 21 heavy (non-hydrogen) atoms. The van der Waals surface area contributed by atoms with Crippen molar-refractivity contribution in [2.24, 2.45) is 0 Å². The predicted octanol–water partition coefficient (Wildman–Crippen LogP) is 3.14. The lowest BCUT2D eigenvalue weighted by Gasteiger charge is -2.13. The second-order valence-corrected chi connectivity index (χ2v) is 5.34. The first-order valence-electron chi connectivity index (χ1n) is 7.19. The molecule has 2 aromatic carbocycles. The van der Waals surface area contributed by atoms with Crippen LogP contribution in [0.15, 0.2) is 42.5 Å². The van der Waals surface area contributed by atoms with Crippen LogP contribution >= 0.6 is 0 Å². The van der Waals surface area contributed by atoms with Gasteiger partial charge in [0.15, 0.2) is 0 Å². The van der Waals surface area contributed by atoms with Crippen LogP contribution in [0.5, 0.6) is 5.75 Å². The van der Waals surface area contributed by atoms with Crippen LogP contribution in [0.1, 0.15) is 28.4 Å². The maximum atomic E-state index is 10.2. The van der Waals surface area contributed by atoms with Gasteiger partial charge in [0.05, 0.1) is 13.2 Å². The highest BCUT2D eigenvalue weighted by atomic mass is 16.5. The van der Waals surface area contributed by atoms with Crippen LogP contribution < -0.4 is 10.1 Å². The van der Waals surface area contributed by atoms with E-state index in [2.05, 4.69) is 37.4 Å². The Morgan fingerprint density at radius 1 is 1.10 bits per heavy atom. The van der Waals surface area contributed by atoms with Gasteiger partial charge in [-0.15, -0.1) is 0 Å². The zero-order valence-electron chi connectivity index (χ0n) is 12.9. The van der Waals surface area contributed by atoms with Crippen molar-refractivity contribution in [1.82, 2.24) is 5.32 Å². The van der Waals surface area contributed by atoms with Crippen molar-refractivity contribution >= 4 is 0 Å². The van der Waals surface area contributed by atoms with Crippen molar-refractivity contribution in [2.45, 2.75) is 26.5 Å². The average molecular weight is 285 g/mol. The molecule has 0 aliphatic carbocycles. The van der Waals surface area contributed by atoms with E-state index in [4.69, 9.17) is 4.74 Å². The summed E-state index contributed by atoms with van der Waals surface area (Å²) in [5.74, 6) is 0.765. The van der Waals surface area contributed by atoms with Gasteiger partial charge in [-0.25, -0.2) is 0 Å². The number of methoxy groups -OCH3 is 1. The molecule has 0 aromatic heterocycles. The lowest BCUT2D eigenvalue weighted by Crippen LogP contribution is -2.21. The number of hydrogen-bond donors (Lipinski definition) is 2. The van der Waals surface area contributed by atoms with Gasteiger partial charge in [-0.05, 0) is 48.2 Å². The lowest BCUT2D eigenvalue weighted by atomic mass is 10.1. The minimum atomic E-state index is -0.536. The Labute approximate surface area is 126 Å². The summed E-state index contributed by atoms with van der Waals surface area (Å²) in [7, 11) is 1.63. The molecule has 1 atom stereocenters. The summed E-state index contributed by atoms with van der Waals surface area (Å²) in [5, 5.41) is 13.5. The van der Waals surface area contributed by atoms with Gasteiger partial charge in [-0.1, -0.05) is 30.3 Å². The molecule has 2 rings (SSSR count). The summed E-state index contributed by atoms with van der Waals surface area (Å²) in [5.41, 5.74) is 4.69. The Morgan fingerprint density at radius 3 is 2.62 bits per heavy atom. The molecule has 2 N–H and O–H groups in total. The molecule has 0 radical (unpaired) electrons. The normalized spacial score (nSPS) is 12.2. The van der Waals surface area contributed by atoms with Crippen molar-refractivity contribution in [3.05, 3.63) is 64.7 Å². The molecule has 0 saturated heterocycles. The molecular weight excluding hydrogens is 262 g/mol. The van der Waals surface area contributed by atoms with Crippen LogP contribution in [0, 0.1) is 13.8 Å². The minimum absolute atomic E-state index is 0.514. The van der Waals surface area contributed by atoms with E-state index in [-0.39, 0.29) is 0 Å². The Hall–Kier alpha value is -1.84. The van der Waals surface area contributed by atoms with Crippen LogP contribution in [0.25, 0.3) is 0 Å². The maximum absolute atomic E-state index is 10.2. The zero-order valence-corrected chi connectivity index (χ0v) is 12.9. The molecule has 1 unspecified atom stereocenters. The largest absolute Gasteiger partial charge is 0.497 e. The first kappa shape index (κ1) is 15.5. The highest BCUT2D eigenvalue weighted by Gasteiger charge is 2.08. The lowest BCUT2D eigenvalue weighted by molar-refractivity contribution is 0.174. The van der Waals surface area contributed by atoms with E-state index in [1.54, 1.807) is 7.11 Å². The predicted molar refractivity (Wildman–Crippen MR) is 85.6 cm³/mol. The molecule has 0 fully saturated rings. The second-order valence-electron chi connectivity index (χ2n) is 5.34. The number of rotatable bonds is 6. The first-order chi connectivity index (χ1) is 10.1. The number of benzene rings is 2. The maximum Gasteiger partial charge on any atom is 0.119 e. The van der Waals surface area contributed by atoms with Gasteiger partial charge in [0.1, 0.15) is 5.75 Å². The van der Waals surface area contributed by atoms with Gasteiger partial charge >= 0.3 is 0 Å². The topological polar surface area (TPSA) is 41.5 Å². The van der Waals surface area contributed by atoms with Crippen LogP contribution in [-0.2, 0) is 6.54 Å². The molecule has 0 spiro atoms. The summed E-state index contributed by atoms with van der Waals surface area (Å²) in [4.78, 5) is 0. The highest BCUT2D eigenvalue weighted by Crippen LogP contribution is 2.18. The number of ether oxygens (including phenoxy) is 1. The number of aryl methyl sites for hydroxylation is 2. The van der Waals surface area contributed by atoms with Crippen LogP contribution in [0.3, 0.4) is 0 Å². The van der Waals surface area contributed by atoms with Crippen molar-refractivity contribution in [3.8, 4) is 5.75 Å². The smallest absolute Gasteiger partial charge is 0.119 e. The molecule has 3 heteroatoms. The number of aliphatic hydroxyl groups is 1. The molecule has 0 aliphatic rings. The zero-order chi connectivity index (χ0) is 15.2. The molecular formula is C18H23NO2. The Morgan fingerprint density at radius 2 is 1.90 bits per heavy atom. The second kappa shape index (κ2) is 7.25. The van der Waals surface area contributed by atoms with Crippen LogP contribution in [-0.4, -0.2) is 18.8 Å². The third-order valence-corrected chi connectivity index (χ3v) is 3.72. The SMILES string of the molecule is COc1cccc(C(O)CNCc2ccc(C)c(C)c2)c1. The molecule has 0 amide bonds. The summed E-state index contributed by atoms with van der Waals surface area (Å²) in [6, 6.07) is 14.0. The molecule has 2 aromatic rings. The van der Waals surface area contributed by atoms with E-state index >= 15 is 0 Å². The van der Waals surface area contributed by atoms with Gasteiger partial charge in [-0.2, -0.15) is 0 Å². The fourth-order valence-electron chi connectivity index (χ4n) is 2.23. The third-order valence-electron chi connectivity index (χ3n) is 3.72. The molecule has 0 aliphatic heterocycles. The number of nitrogens with one attached hydrogen (secondary N) is 1. The Bertz CT molecular complexity index is 596. The van der Waals surface area contributed by atoms with E-state index in [1.807, 2.05) is 24.3 Å². The third kappa shape index (κ3) is 4.31. The standard InChI is InChI=1S/C18H23NO2/c1-13-7-8-15(9-14(13)2)11-19-12-18(20)16-5-4-6-17(10-16)21-3/h4-10,18-20H,11-12H2,1-3H3. The molecule has 0 heterocycles. The number of hydrogen-bond acceptors (Lipinski definition) is 3. The van der Waals surface area contributed by atoms with Gasteiger partial charge < -0.3 is 15.2 Å². The van der Waals surface area contributed by atoms with Crippen molar-refractivity contribution in [2.75, 3.05) is 13.7 Å². The van der Waals surface area contributed by atoms with E-state index in [0.29, 0.717) is 6.54 Å². The average Bonchev–Trinajstić information content (AvgIpc) is 2.50. The molecule has 0 bridgehead atoms. The molecule has 112 valence electrons. The van der Waals surface area contributed by atoms with Crippen molar-refractivity contribution in [3.63, 3.8) is 0 Å². The van der Waals surface area contributed by atoms with E-state index in [1.165, 1.54) is 16.7 Å². The van der Waals surface area contributed by atoms with E-state index in [0.717, 1.165) is 17.9 Å². The molecule has 0 saturated carbocycles. The quantitative estimate of drug-likeness (QED) is 0.857. The van der Waals surface area contributed by atoms with Crippen molar-refractivity contribution < 1.29 is 9.84 Å². The van der Waals surface area contributed by atoms with Crippen molar-refractivity contribution in [1.29, 1.82) is 0 Å². The minimum Gasteiger partial charge on any atom is -0.497 e. The summed E-state index contributed by atoms with van der Waals surface area (Å²) >= 11 is 0.